The number of ether oxygens (including phenoxy) is 1. The summed E-state index contributed by atoms with van der Waals surface area (Å²) in [5, 5.41) is 0. The van der Waals surface area contributed by atoms with Gasteiger partial charge in [-0.15, -0.1) is 0 Å². The van der Waals surface area contributed by atoms with Gasteiger partial charge in [0.1, 0.15) is 0 Å². The third-order valence-corrected chi connectivity index (χ3v) is 4.29. The zero-order valence-electron chi connectivity index (χ0n) is 10.3. The minimum Gasteiger partial charge on any atom is -0.381 e. The first-order valence-electron chi connectivity index (χ1n) is 6.92. The SMILES string of the molecule is NNC(CC1CCCC1)CC1CCOCC1. The van der Waals surface area contributed by atoms with Crippen molar-refractivity contribution >= 4 is 0 Å². The summed E-state index contributed by atoms with van der Waals surface area (Å²) in [6.45, 7) is 1.90. The minimum absolute atomic E-state index is 0.534. The summed E-state index contributed by atoms with van der Waals surface area (Å²) in [4.78, 5) is 0. The molecule has 2 aliphatic rings. The van der Waals surface area contributed by atoms with Crippen LogP contribution in [0.3, 0.4) is 0 Å². The summed E-state index contributed by atoms with van der Waals surface area (Å²) in [5.74, 6) is 7.45. The van der Waals surface area contributed by atoms with Crippen molar-refractivity contribution in [3.63, 3.8) is 0 Å². The first kappa shape index (κ1) is 12.3. The standard InChI is InChI=1S/C13H26N2O/c14-15-13(9-11-3-1-2-4-11)10-12-5-7-16-8-6-12/h11-13,15H,1-10,14H2. The molecule has 1 aliphatic carbocycles. The van der Waals surface area contributed by atoms with Gasteiger partial charge in [0.15, 0.2) is 0 Å². The Labute approximate surface area is 99.1 Å². The molecule has 1 heterocycles. The van der Waals surface area contributed by atoms with Gasteiger partial charge < -0.3 is 4.74 Å². The van der Waals surface area contributed by atoms with E-state index in [9.17, 15) is 0 Å². The largest absolute Gasteiger partial charge is 0.381 e. The Kier molecular flexibility index (Phi) is 5.07. The van der Waals surface area contributed by atoms with Crippen LogP contribution >= 0.6 is 0 Å². The molecule has 1 saturated carbocycles. The molecular formula is C13H26N2O. The van der Waals surface area contributed by atoms with Crippen LogP contribution in [0.5, 0.6) is 0 Å². The van der Waals surface area contributed by atoms with E-state index in [0.29, 0.717) is 6.04 Å². The fraction of sp³-hybridized carbons (Fsp3) is 1.00. The number of nitrogens with two attached hydrogens (primary N) is 1. The Morgan fingerprint density at radius 2 is 1.56 bits per heavy atom. The van der Waals surface area contributed by atoms with Crippen molar-refractivity contribution < 1.29 is 4.74 Å². The van der Waals surface area contributed by atoms with Crippen LogP contribution in [0.2, 0.25) is 0 Å². The van der Waals surface area contributed by atoms with Gasteiger partial charge in [0.25, 0.3) is 0 Å². The molecule has 3 heteroatoms. The number of hydrogen-bond acceptors (Lipinski definition) is 3. The van der Waals surface area contributed by atoms with E-state index in [4.69, 9.17) is 10.6 Å². The van der Waals surface area contributed by atoms with Crippen molar-refractivity contribution in [3.8, 4) is 0 Å². The molecule has 1 atom stereocenters. The van der Waals surface area contributed by atoms with Crippen molar-refractivity contribution in [2.45, 2.75) is 57.4 Å². The molecule has 1 unspecified atom stereocenters. The van der Waals surface area contributed by atoms with E-state index >= 15 is 0 Å². The van der Waals surface area contributed by atoms with Crippen molar-refractivity contribution in [3.05, 3.63) is 0 Å². The average molecular weight is 226 g/mol. The molecule has 0 bridgehead atoms. The lowest BCUT2D eigenvalue weighted by Gasteiger charge is -2.27. The van der Waals surface area contributed by atoms with Gasteiger partial charge >= 0.3 is 0 Å². The van der Waals surface area contributed by atoms with E-state index < -0.39 is 0 Å². The van der Waals surface area contributed by atoms with E-state index in [1.165, 1.54) is 51.4 Å². The highest BCUT2D eigenvalue weighted by Crippen LogP contribution is 2.30. The Bertz CT molecular complexity index is 186. The van der Waals surface area contributed by atoms with Crippen LogP contribution in [0.15, 0.2) is 0 Å². The maximum absolute atomic E-state index is 5.69. The zero-order valence-corrected chi connectivity index (χ0v) is 10.3. The molecule has 2 rings (SSSR count). The number of hydrazine groups is 1. The fourth-order valence-corrected chi connectivity index (χ4v) is 3.27. The lowest BCUT2D eigenvalue weighted by atomic mass is 9.88. The maximum Gasteiger partial charge on any atom is 0.0468 e. The predicted molar refractivity (Wildman–Crippen MR) is 65.8 cm³/mol. The predicted octanol–water partition coefficient (Wildman–Crippen LogP) is 2.22. The van der Waals surface area contributed by atoms with Crippen LogP contribution in [-0.2, 0) is 4.74 Å². The molecule has 0 aromatic heterocycles. The van der Waals surface area contributed by atoms with Gasteiger partial charge in [0, 0.05) is 19.3 Å². The summed E-state index contributed by atoms with van der Waals surface area (Å²) in [7, 11) is 0. The van der Waals surface area contributed by atoms with Crippen LogP contribution < -0.4 is 11.3 Å². The smallest absolute Gasteiger partial charge is 0.0468 e. The molecule has 0 spiro atoms. The van der Waals surface area contributed by atoms with E-state index in [1.54, 1.807) is 0 Å². The summed E-state index contributed by atoms with van der Waals surface area (Å²) >= 11 is 0. The highest BCUT2D eigenvalue weighted by Gasteiger charge is 2.23. The lowest BCUT2D eigenvalue weighted by molar-refractivity contribution is 0.0595. The van der Waals surface area contributed by atoms with Crippen LogP contribution in [0.25, 0.3) is 0 Å². The van der Waals surface area contributed by atoms with Crippen LogP contribution in [-0.4, -0.2) is 19.3 Å². The number of rotatable bonds is 5. The van der Waals surface area contributed by atoms with Gasteiger partial charge in [-0.05, 0) is 37.5 Å². The maximum atomic E-state index is 5.69. The van der Waals surface area contributed by atoms with Gasteiger partial charge in [0.2, 0.25) is 0 Å². The van der Waals surface area contributed by atoms with Crippen LogP contribution in [0.4, 0.5) is 0 Å². The second-order valence-electron chi connectivity index (χ2n) is 5.54. The second kappa shape index (κ2) is 6.58. The molecule has 1 aliphatic heterocycles. The molecule has 0 aromatic rings. The molecule has 94 valence electrons. The highest BCUT2D eigenvalue weighted by molar-refractivity contribution is 4.77. The Balaban J connectivity index is 1.70. The van der Waals surface area contributed by atoms with Crippen LogP contribution in [0.1, 0.15) is 51.4 Å². The van der Waals surface area contributed by atoms with Gasteiger partial charge in [0.05, 0.1) is 0 Å². The van der Waals surface area contributed by atoms with E-state index in [2.05, 4.69) is 5.43 Å². The summed E-state index contributed by atoms with van der Waals surface area (Å²) < 4.78 is 5.40. The Hall–Kier alpha value is -0.120. The van der Waals surface area contributed by atoms with E-state index in [-0.39, 0.29) is 0 Å². The van der Waals surface area contributed by atoms with Gasteiger partial charge in [-0.1, -0.05) is 25.7 Å². The normalized spacial score (nSPS) is 26.1. The summed E-state index contributed by atoms with van der Waals surface area (Å²) in [6, 6.07) is 0.534. The first-order chi connectivity index (χ1) is 7.88. The number of hydrogen-bond donors (Lipinski definition) is 2. The van der Waals surface area contributed by atoms with E-state index in [0.717, 1.165) is 25.0 Å². The monoisotopic (exact) mass is 226 g/mol. The third kappa shape index (κ3) is 3.72. The Morgan fingerprint density at radius 1 is 1.00 bits per heavy atom. The molecular weight excluding hydrogens is 200 g/mol. The minimum atomic E-state index is 0.534. The molecule has 16 heavy (non-hydrogen) atoms. The number of nitrogens with one attached hydrogen (secondary N) is 1. The molecule has 0 aromatic carbocycles. The first-order valence-corrected chi connectivity index (χ1v) is 6.92. The van der Waals surface area contributed by atoms with Gasteiger partial charge in [-0.3, -0.25) is 11.3 Å². The summed E-state index contributed by atoms with van der Waals surface area (Å²) in [5.41, 5.74) is 3.04. The van der Waals surface area contributed by atoms with Crippen molar-refractivity contribution in [1.29, 1.82) is 0 Å². The van der Waals surface area contributed by atoms with Crippen molar-refractivity contribution in [2.75, 3.05) is 13.2 Å². The fourth-order valence-electron chi connectivity index (χ4n) is 3.27. The van der Waals surface area contributed by atoms with Crippen molar-refractivity contribution in [2.24, 2.45) is 17.7 Å². The molecule has 0 radical (unpaired) electrons. The van der Waals surface area contributed by atoms with Gasteiger partial charge in [-0.2, -0.15) is 0 Å². The third-order valence-electron chi connectivity index (χ3n) is 4.29. The lowest BCUT2D eigenvalue weighted by Crippen LogP contribution is -2.38. The zero-order chi connectivity index (χ0) is 11.2. The molecule has 3 N–H and O–H groups in total. The Morgan fingerprint density at radius 3 is 2.12 bits per heavy atom. The quantitative estimate of drug-likeness (QED) is 0.558. The second-order valence-corrected chi connectivity index (χ2v) is 5.54. The van der Waals surface area contributed by atoms with Gasteiger partial charge in [-0.25, -0.2) is 0 Å². The average Bonchev–Trinajstić information content (AvgIpc) is 2.82. The highest BCUT2D eigenvalue weighted by atomic mass is 16.5. The van der Waals surface area contributed by atoms with Crippen LogP contribution in [0, 0.1) is 11.8 Å². The van der Waals surface area contributed by atoms with Crippen molar-refractivity contribution in [1.82, 2.24) is 5.43 Å². The molecule has 1 saturated heterocycles. The van der Waals surface area contributed by atoms with E-state index in [1.807, 2.05) is 0 Å². The molecule has 3 nitrogen and oxygen atoms in total. The molecule has 0 amide bonds. The topological polar surface area (TPSA) is 47.3 Å². The summed E-state index contributed by atoms with van der Waals surface area (Å²) in [6.07, 6.45) is 10.7. The molecule has 2 fully saturated rings.